The van der Waals surface area contributed by atoms with Crippen molar-refractivity contribution in [1.29, 1.82) is 0 Å². The molecule has 0 fully saturated rings. The lowest BCUT2D eigenvalue weighted by molar-refractivity contribution is -0.136. The van der Waals surface area contributed by atoms with Crippen molar-refractivity contribution in [2.75, 3.05) is 13.7 Å². The van der Waals surface area contributed by atoms with E-state index in [9.17, 15) is 18.3 Å². The molecule has 0 aliphatic rings. The second kappa shape index (κ2) is 8.97. The smallest absolute Gasteiger partial charge is 0.264 e. The summed E-state index contributed by atoms with van der Waals surface area (Å²) in [6.07, 6.45) is -0.672. The molecule has 0 aromatic heterocycles. The molecule has 2 atom stereocenters. The van der Waals surface area contributed by atoms with Crippen molar-refractivity contribution < 1.29 is 28.3 Å². The molecular formula is C15H24N2O6S. The van der Waals surface area contributed by atoms with Crippen LogP contribution in [0.4, 0.5) is 0 Å². The Hall–Kier alpha value is -1.68. The molecule has 1 unspecified atom stereocenters. The van der Waals surface area contributed by atoms with Crippen molar-refractivity contribution in [2.45, 2.75) is 43.7 Å². The molecule has 24 heavy (non-hydrogen) atoms. The van der Waals surface area contributed by atoms with Crippen molar-refractivity contribution in [2.24, 2.45) is 0 Å². The molecule has 1 aromatic carbocycles. The van der Waals surface area contributed by atoms with Crippen LogP contribution in [0.1, 0.15) is 26.7 Å². The monoisotopic (exact) mass is 360 g/mol. The number of sulfonamides is 1. The summed E-state index contributed by atoms with van der Waals surface area (Å²) in [7, 11) is -2.59. The first-order chi connectivity index (χ1) is 11.3. The molecule has 0 bridgehead atoms. The number of ether oxygens (including phenoxy) is 1. The lowest BCUT2D eigenvalue weighted by Gasteiger charge is -2.31. The number of benzene rings is 1. The van der Waals surface area contributed by atoms with Gasteiger partial charge >= 0.3 is 0 Å². The number of carbonyl (C=O) groups is 1. The Kier molecular flexibility index (Phi) is 7.61. The van der Waals surface area contributed by atoms with Crippen LogP contribution < -0.4 is 10.2 Å². The van der Waals surface area contributed by atoms with Gasteiger partial charge in [-0.05, 0) is 37.1 Å². The van der Waals surface area contributed by atoms with Crippen LogP contribution in [0, 0.1) is 0 Å². The largest absolute Gasteiger partial charge is 0.497 e. The van der Waals surface area contributed by atoms with Crippen LogP contribution in [0.3, 0.4) is 0 Å². The summed E-state index contributed by atoms with van der Waals surface area (Å²) in [5, 5.41) is 19.0. The molecule has 3 N–H and O–H groups in total. The van der Waals surface area contributed by atoms with E-state index in [4.69, 9.17) is 9.94 Å². The molecule has 0 aliphatic heterocycles. The van der Waals surface area contributed by atoms with Gasteiger partial charge in [0.25, 0.3) is 5.91 Å². The number of nitrogens with one attached hydrogen (secondary N) is 1. The molecule has 1 amide bonds. The highest BCUT2D eigenvalue weighted by Crippen LogP contribution is 2.23. The lowest BCUT2D eigenvalue weighted by atomic mass is 10.1. The fourth-order valence-corrected chi connectivity index (χ4v) is 4.01. The molecule has 8 nitrogen and oxygen atoms in total. The van der Waals surface area contributed by atoms with Crippen LogP contribution in [-0.4, -0.2) is 54.7 Å². The minimum absolute atomic E-state index is 0.0174. The summed E-state index contributed by atoms with van der Waals surface area (Å²) in [6.45, 7) is 3.39. The fraction of sp³-hybridized carbons (Fsp3) is 0.533. The number of nitrogens with zero attached hydrogens (tertiary/aromatic N) is 1. The topological polar surface area (TPSA) is 116 Å². The SMILES string of the molecule is CCCN([C@@H](C(=O)NO)C(O)CC)S(=O)(=O)c1ccc(OC)cc1. The predicted molar refractivity (Wildman–Crippen MR) is 87.2 cm³/mol. The first-order valence-corrected chi connectivity index (χ1v) is 9.05. The number of aliphatic hydroxyl groups excluding tert-OH is 1. The van der Waals surface area contributed by atoms with Crippen molar-refractivity contribution in [1.82, 2.24) is 9.79 Å². The van der Waals surface area contributed by atoms with Crippen LogP contribution in [-0.2, 0) is 14.8 Å². The van der Waals surface area contributed by atoms with Crippen molar-refractivity contribution in [3.63, 3.8) is 0 Å². The number of amides is 1. The van der Waals surface area contributed by atoms with E-state index in [1.54, 1.807) is 13.8 Å². The maximum absolute atomic E-state index is 12.9. The number of hydroxylamine groups is 1. The maximum atomic E-state index is 12.9. The van der Waals surface area contributed by atoms with E-state index >= 15 is 0 Å². The highest BCUT2D eigenvalue weighted by atomic mass is 32.2. The average molecular weight is 360 g/mol. The van der Waals surface area contributed by atoms with Crippen molar-refractivity contribution >= 4 is 15.9 Å². The molecule has 0 aliphatic carbocycles. The molecule has 0 spiro atoms. The fourth-order valence-electron chi connectivity index (χ4n) is 2.30. The molecule has 0 saturated carbocycles. The van der Waals surface area contributed by atoms with Gasteiger partial charge < -0.3 is 9.84 Å². The van der Waals surface area contributed by atoms with Gasteiger partial charge in [0.2, 0.25) is 10.0 Å². The Morgan fingerprint density at radius 3 is 2.29 bits per heavy atom. The third-order valence-electron chi connectivity index (χ3n) is 3.58. The van der Waals surface area contributed by atoms with Crippen molar-refractivity contribution in [3.8, 4) is 5.75 Å². The highest BCUT2D eigenvalue weighted by Gasteiger charge is 2.39. The molecule has 0 radical (unpaired) electrons. The number of aliphatic hydroxyl groups is 1. The first-order valence-electron chi connectivity index (χ1n) is 7.61. The van der Waals surface area contributed by atoms with Gasteiger partial charge in [0.1, 0.15) is 11.8 Å². The van der Waals surface area contributed by atoms with Crippen LogP contribution >= 0.6 is 0 Å². The summed E-state index contributed by atoms with van der Waals surface area (Å²) in [6, 6.07) is 4.29. The maximum Gasteiger partial charge on any atom is 0.264 e. The highest BCUT2D eigenvalue weighted by molar-refractivity contribution is 7.89. The van der Waals surface area contributed by atoms with Gasteiger partial charge in [0.05, 0.1) is 18.1 Å². The second-order valence-electron chi connectivity index (χ2n) is 5.19. The van der Waals surface area contributed by atoms with Gasteiger partial charge in [-0.15, -0.1) is 0 Å². The number of hydrogen-bond acceptors (Lipinski definition) is 6. The summed E-state index contributed by atoms with van der Waals surface area (Å²) in [5.41, 5.74) is 1.44. The zero-order chi connectivity index (χ0) is 18.3. The first kappa shape index (κ1) is 20.4. The Bertz CT molecular complexity index is 632. The average Bonchev–Trinajstić information content (AvgIpc) is 2.60. The molecule has 0 heterocycles. The molecule has 1 rings (SSSR count). The third kappa shape index (κ3) is 4.44. The van der Waals surface area contributed by atoms with Gasteiger partial charge in [-0.3, -0.25) is 10.0 Å². The van der Waals surface area contributed by atoms with Crippen molar-refractivity contribution in [3.05, 3.63) is 24.3 Å². The quantitative estimate of drug-likeness (QED) is 0.442. The number of carbonyl (C=O) groups excluding carboxylic acids is 1. The zero-order valence-electron chi connectivity index (χ0n) is 14.0. The van der Waals surface area contributed by atoms with Gasteiger partial charge in [-0.1, -0.05) is 13.8 Å². The Labute approximate surface area is 142 Å². The van der Waals surface area contributed by atoms with Crippen LogP contribution in [0.2, 0.25) is 0 Å². The Balaban J connectivity index is 3.34. The molecule has 0 saturated heterocycles. The van der Waals surface area contributed by atoms with Crippen LogP contribution in [0.15, 0.2) is 29.2 Å². The Morgan fingerprint density at radius 1 is 1.29 bits per heavy atom. The van der Waals surface area contributed by atoms with E-state index in [1.807, 2.05) is 0 Å². The van der Waals surface area contributed by atoms with E-state index in [1.165, 1.54) is 36.9 Å². The number of methoxy groups -OCH3 is 1. The van der Waals surface area contributed by atoms with E-state index in [0.29, 0.717) is 12.2 Å². The predicted octanol–water partition coefficient (Wildman–Crippen LogP) is 0.741. The van der Waals surface area contributed by atoms with Gasteiger partial charge in [-0.25, -0.2) is 13.9 Å². The van der Waals surface area contributed by atoms with Gasteiger partial charge in [-0.2, -0.15) is 4.31 Å². The van der Waals surface area contributed by atoms with E-state index in [0.717, 1.165) is 4.31 Å². The lowest BCUT2D eigenvalue weighted by Crippen LogP contribution is -2.55. The normalized spacial score (nSPS) is 14.2. The molecular weight excluding hydrogens is 336 g/mol. The summed E-state index contributed by atoms with van der Waals surface area (Å²) in [5.74, 6) is -0.482. The molecule has 1 aromatic rings. The second-order valence-corrected chi connectivity index (χ2v) is 7.08. The van der Waals surface area contributed by atoms with Crippen LogP contribution in [0.5, 0.6) is 5.75 Å². The summed E-state index contributed by atoms with van der Waals surface area (Å²) < 4.78 is 31.7. The molecule has 9 heteroatoms. The zero-order valence-corrected chi connectivity index (χ0v) is 14.8. The van der Waals surface area contributed by atoms with Gasteiger partial charge in [0, 0.05) is 6.54 Å². The van der Waals surface area contributed by atoms with E-state index < -0.39 is 28.1 Å². The summed E-state index contributed by atoms with van der Waals surface area (Å²) >= 11 is 0. The van der Waals surface area contributed by atoms with Gasteiger partial charge in [0.15, 0.2) is 0 Å². The number of rotatable bonds is 9. The van der Waals surface area contributed by atoms with E-state index in [2.05, 4.69) is 0 Å². The summed E-state index contributed by atoms with van der Waals surface area (Å²) in [4.78, 5) is 11.9. The van der Waals surface area contributed by atoms with Crippen LogP contribution in [0.25, 0.3) is 0 Å². The standard InChI is InChI=1S/C15H24N2O6S/c1-4-10-17(14(13(18)5-2)15(19)16-20)24(21,22)12-8-6-11(23-3)7-9-12/h6-9,13-14,18,20H,4-5,10H2,1-3H3,(H,16,19)/t13?,14-/m1/s1. The Morgan fingerprint density at radius 2 is 1.88 bits per heavy atom. The minimum atomic E-state index is -4.05. The minimum Gasteiger partial charge on any atom is -0.497 e. The third-order valence-corrected chi connectivity index (χ3v) is 5.48. The molecule has 136 valence electrons. The number of hydrogen-bond donors (Lipinski definition) is 3. The van der Waals surface area contributed by atoms with E-state index in [-0.39, 0.29) is 17.9 Å².